The van der Waals surface area contributed by atoms with Crippen molar-refractivity contribution in [2.45, 2.75) is 63.9 Å². The Balaban J connectivity index is 1.77. The number of hydrogen-bond donors (Lipinski definition) is 0. The molecule has 3 aliphatic heterocycles. The largest absolute Gasteiger partial charge is 0.465 e. The zero-order chi connectivity index (χ0) is 22.5. The average Bonchev–Trinajstić information content (AvgIpc) is 3.04. The second kappa shape index (κ2) is 7.67. The molecular formula is C23H26O8. The van der Waals surface area contributed by atoms with Gasteiger partial charge in [-0.15, -0.1) is 0 Å². The van der Waals surface area contributed by atoms with E-state index in [9.17, 15) is 14.4 Å². The van der Waals surface area contributed by atoms with Gasteiger partial charge in [0.05, 0.1) is 12.7 Å². The predicted octanol–water partition coefficient (Wildman–Crippen LogP) is 3.21. The van der Waals surface area contributed by atoms with Gasteiger partial charge in [-0.1, -0.05) is 18.2 Å². The SMILES string of the molecule is C=C(C)[C@H]1C/C=C2/C(=O)O[C@H](C[C@]3(C)O[C@@H]3c3cc(C(=O)OC)c(o3)C1)[C@H]2OC(C)=O. The molecule has 1 aromatic heterocycles. The molecule has 0 spiro atoms. The van der Waals surface area contributed by atoms with Crippen LogP contribution in [0.15, 0.2) is 34.3 Å². The topological polar surface area (TPSA) is 105 Å². The maximum Gasteiger partial charge on any atom is 0.341 e. The highest BCUT2D eigenvalue weighted by molar-refractivity contribution is 5.93. The van der Waals surface area contributed by atoms with Crippen LogP contribution in [-0.4, -0.2) is 42.8 Å². The molecule has 0 aromatic carbocycles. The summed E-state index contributed by atoms with van der Waals surface area (Å²) < 4.78 is 27.9. The molecule has 3 aliphatic rings. The van der Waals surface area contributed by atoms with Crippen LogP contribution in [0.2, 0.25) is 0 Å². The van der Waals surface area contributed by atoms with Crippen LogP contribution in [0.3, 0.4) is 0 Å². The van der Waals surface area contributed by atoms with Crippen LogP contribution in [0.25, 0.3) is 0 Å². The average molecular weight is 430 g/mol. The summed E-state index contributed by atoms with van der Waals surface area (Å²) in [6.45, 7) is 9.11. The van der Waals surface area contributed by atoms with E-state index in [0.29, 0.717) is 41.9 Å². The molecule has 0 unspecified atom stereocenters. The molecule has 5 atom stereocenters. The summed E-state index contributed by atoms with van der Waals surface area (Å²) in [5, 5.41) is 0. The van der Waals surface area contributed by atoms with Crippen molar-refractivity contribution in [2.24, 2.45) is 5.92 Å². The van der Waals surface area contributed by atoms with Gasteiger partial charge in [-0.25, -0.2) is 9.59 Å². The standard InChI is InChI=1S/C23H26O8/c1-11(2)13-6-7-14-19(28-12(3)24)18(30-22(14)26)10-23(4)20(31-23)17-9-15(21(25)27-5)16(8-13)29-17/h7,9,13,18-20H,1,6,8,10H2,2-5H3/b14-7+/t13-,18+,19-,20+,23-/m0/s1. The Kier molecular flexibility index (Phi) is 5.29. The molecule has 0 N–H and O–H groups in total. The van der Waals surface area contributed by atoms with Gasteiger partial charge < -0.3 is 23.4 Å². The Labute approximate surface area is 180 Å². The maximum atomic E-state index is 12.6. The van der Waals surface area contributed by atoms with Crippen LogP contribution < -0.4 is 0 Å². The van der Waals surface area contributed by atoms with Gasteiger partial charge in [0, 0.05) is 19.8 Å². The first-order valence-electron chi connectivity index (χ1n) is 10.3. The van der Waals surface area contributed by atoms with E-state index < -0.39 is 41.8 Å². The quantitative estimate of drug-likeness (QED) is 0.312. The summed E-state index contributed by atoms with van der Waals surface area (Å²) in [5.41, 5.74) is 0.849. The molecule has 0 radical (unpaired) electrons. The van der Waals surface area contributed by atoms with Crippen molar-refractivity contribution >= 4 is 17.9 Å². The first-order chi connectivity index (χ1) is 14.6. The summed E-state index contributed by atoms with van der Waals surface area (Å²) in [4.78, 5) is 36.6. The van der Waals surface area contributed by atoms with Crippen molar-refractivity contribution in [3.05, 3.63) is 47.0 Å². The highest BCUT2D eigenvalue weighted by Crippen LogP contribution is 2.54. The molecule has 166 valence electrons. The Bertz CT molecular complexity index is 986. The minimum atomic E-state index is -0.796. The Morgan fingerprint density at radius 2 is 2.03 bits per heavy atom. The van der Waals surface area contributed by atoms with Crippen molar-refractivity contribution < 1.29 is 37.7 Å². The first-order valence-corrected chi connectivity index (χ1v) is 10.3. The van der Waals surface area contributed by atoms with E-state index in [2.05, 4.69) is 6.58 Å². The molecule has 1 aromatic rings. The minimum Gasteiger partial charge on any atom is -0.465 e. The molecule has 4 heterocycles. The van der Waals surface area contributed by atoms with Crippen molar-refractivity contribution in [1.29, 1.82) is 0 Å². The van der Waals surface area contributed by atoms with E-state index in [0.717, 1.165) is 5.57 Å². The molecule has 2 fully saturated rings. The van der Waals surface area contributed by atoms with Gasteiger partial charge in [-0.2, -0.15) is 0 Å². The molecule has 8 heteroatoms. The van der Waals surface area contributed by atoms with Crippen LogP contribution in [0.5, 0.6) is 0 Å². The van der Waals surface area contributed by atoms with Crippen LogP contribution in [0, 0.1) is 5.92 Å². The van der Waals surface area contributed by atoms with Crippen LogP contribution in [-0.2, 0) is 35.0 Å². The number of epoxide rings is 1. The summed E-state index contributed by atoms with van der Waals surface area (Å²) >= 11 is 0. The van der Waals surface area contributed by atoms with Gasteiger partial charge >= 0.3 is 17.9 Å². The number of furan rings is 1. The van der Waals surface area contributed by atoms with E-state index in [-0.39, 0.29) is 5.92 Å². The zero-order valence-electron chi connectivity index (χ0n) is 18.1. The lowest BCUT2D eigenvalue weighted by atomic mass is 9.89. The second-order valence-corrected chi connectivity index (χ2v) is 8.61. The maximum absolute atomic E-state index is 12.6. The lowest BCUT2D eigenvalue weighted by Gasteiger charge is -2.20. The molecule has 4 bridgehead atoms. The highest BCUT2D eigenvalue weighted by Gasteiger charge is 2.59. The molecule has 2 saturated heterocycles. The molecule has 31 heavy (non-hydrogen) atoms. The molecule has 4 rings (SSSR count). The van der Waals surface area contributed by atoms with E-state index in [1.54, 1.807) is 12.1 Å². The third-order valence-corrected chi connectivity index (χ3v) is 6.16. The van der Waals surface area contributed by atoms with Crippen LogP contribution >= 0.6 is 0 Å². The minimum absolute atomic E-state index is 0.119. The molecule has 0 amide bonds. The summed E-state index contributed by atoms with van der Waals surface area (Å²) in [7, 11) is 1.32. The van der Waals surface area contributed by atoms with Gasteiger partial charge in [-0.3, -0.25) is 4.79 Å². The lowest BCUT2D eigenvalue weighted by molar-refractivity contribution is -0.151. The van der Waals surface area contributed by atoms with E-state index >= 15 is 0 Å². The third kappa shape index (κ3) is 3.92. The Morgan fingerprint density at radius 1 is 1.29 bits per heavy atom. The van der Waals surface area contributed by atoms with Gasteiger partial charge in [0.2, 0.25) is 0 Å². The highest BCUT2D eigenvalue weighted by atomic mass is 16.6. The number of methoxy groups -OCH3 is 1. The van der Waals surface area contributed by atoms with E-state index in [4.69, 9.17) is 23.4 Å². The normalized spacial score (nSPS) is 33.4. The van der Waals surface area contributed by atoms with Crippen LogP contribution in [0.1, 0.15) is 61.6 Å². The molecule has 8 nitrogen and oxygen atoms in total. The van der Waals surface area contributed by atoms with Gasteiger partial charge in [0.1, 0.15) is 34.9 Å². The van der Waals surface area contributed by atoms with Crippen molar-refractivity contribution in [1.82, 2.24) is 0 Å². The van der Waals surface area contributed by atoms with E-state index in [1.807, 2.05) is 13.8 Å². The smallest absolute Gasteiger partial charge is 0.341 e. The summed E-state index contributed by atoms with van der Waals surface area (Å²) in [6, 6.07) is 1.66. The fraction of sp³-hybridized carbons (Fsp3) is 0.522. The second-order valence-electron chi connectivity index (χ2n) is 8.61. The molecule has 0 saturated carbocycles. The Hall–Kier alpha value is -2.87. The number of esters is 3. The lowest BCUT2D eigenvalue weighted by Crippen LogP contribution is -2.31. The number of allylic oxidation sites excluding steroid dienone is 2. The summed E-state index contributed by atoms with van der Waals surface area (Å²) in [6.07, 6.45) is 1.00. The van der Waals surface area contributed by atoms with E-state index in [1.165, 1.54) is 14.0 Å². The Morgan fingerprint density at radius 3 is 2.68 bits per heavy atom. The molecule has 0 aliphatic carbocycles. The number of ether oxygens (including phenoxy) is 4. The monoisotopic (exact) mass is 430 g/mol. The van der Waals surface area contributed by atoms with Crippen molar-refractivity contribution in [3.63, 3.8) is 0 Å². The summed E-state index contributed by atoms with van der Waals surface area (Å²) in [5.74, 6) is -0.577. The van der Waals surface area contributed by atoms with Gasteiger partial charge in [0.25, 0.3) is 0 Å². The number of carbonyl (C=O) groups excluding carboxylic acids is 3. The number of fused-ring (bicyclic) bond motifs is 6. The fourth-order valence-corrected chi connectivity index (χ4v) is 4.36. The van der Waals surface area contributed by atoms with Gasteiger partial charge in [-0.05, 0) is 32.3 Å². The van der Waals surface area contributed by atoms with Crippen molar-refractivity contribution in [3.8, 4) is 0 Å². The number of hydrogen-bond acceptors (Lipinski definition) is 8. The third-order valence-electron chi connectivity index (χ3n) is 6.16. The van der Waals surface area contributed by atoms with Gasteiger partial charge in [0.15, 0.2) is 6.10 Å². The predicted molar refractivity (Wildman–Crippen MR) is 107 cm³/mol. The first kappa shape index (κ1) is 21.4. The number of rotatable bonds is 3. The molecular weight excluding hydrogens is 404 g/mol. The number of carbonyl (C=O) groups is 3. The zero-order valence-corrected chi connectivity index (χ0v) is 18.1. The van der Waals surface area contributed by atoms with Crippen LogP contribution in [0.4, 0.5) is 0 Å². The van der Waals surface area contributed by atoms with Crippen molar-refractivity contribution in [2.75, 3.05) is 7.11 Å². The fourth-order valence-electron chi connectivity index (χ4n) is 4.36.